The van der Waals surface area contributed by atoms with Crippen LogP contribution in [-0.4, -0.2) is 12.0 Å². The van der Waals surface area contributed by atoms with E-state index in [4.69, 9.17) is 0 Å². The van der Waals surface area contributed by atoms with Crippen LogP contribution in [-0.2, 0) is 4.79 Å². The number of aliphatic imine (C=N–C) groups is 1. The van der Waals surface area contributed by atoms with Gasteiger partial charge in [-0.1, -0.05) is 30.3 Å². The smallest absolute Gasteiger partial charge is 0.257 e. The van der Waals surface area contributed by atoms with Gasteiger partial charge in [0, 0.05) is 5.69 Å². The van der Waals surface area contributed by atoms with Crippen molar-refractivity contribution >= 4 is 23.4 Å². The van der Waals surface area contributed by atoms with E-state index in [2.05, 4.69) is 10.3 Å². The van der Waals surface area contributed by atoms with E-state index in [-0.39, 0.29) is 5.91 Å². The van der Waals surface area contributed by atoms with Gasteiger partial charge in [-0.2, -0.15) is 4.99 Å². The first-order valence-electron chi connectivity index (χ1n) is 6.18. The normalized spacial score (nSPS) is 9.70. The molecule has 0 fully saturated rings. The molecule has 4 heteroatoms. The van der Waals surface area contributed by atoms with Crippen LogP contribution in [0, 0.1) is 13.8 Å². The third-order valence-electron chi connectivity index (χ3n) is 3.03. The summed E-state index contributed by atoms with van der Waals surface area (Å²) in [5.41, 5.74) is 3.40. The van der Waals surface area contributed by atoms with Crippen molar-refractivity contribution in [2.45, 2.75) is 13.8 Å². The van der Waals surface area contributed by atoms with Gasteiger partial charge in [0.15, 0.2) is 0 Å². The molecular formula is C16H14N2O2. The molecule has 0 aliphatic rings. The summed E-state index contributed by atoms with van der Waals surface area (Å²) >= 11 is 0. The number of rotatable bonds is 3. The zero-order chi connectivity index (χ0) is 14.5. The summed E-state index contributed by atoms with van der Waals surface area (Å²) < 4.78 is 0. The second-order valence-corrected chi connectivity index (χ2v) is 4.44. The molecule has 0 aromatic heterocycles. The molecule has 20 heavy (non-hydrogen) atoms. The number of hydrogen-bond acceptors (Lipinski definition) is 3. The molecule has 0 atom stereocenters. The molecule has 4 nitrogen and oxygen atoms in total. The fraction of sp³-hybridized carbons (Fsp3) is 0.125. The summed E-state index contributed by atoms with van der Waals surface area (Å²) in [5.74, 6) is -0.294. The molecule has 0 spiro atoms. The number of carbonyl (C=O) groups excluding carboxylic acids is 2. The van der Waals surface area contributed by atoms with Crippen molar-refractivity contribution in [2.75, 3.05) is 5.32 Å². The van der Waals surface area contributed by atoms with E-state index in [0.717, 1.165) is 16.8 Å². The Morgan fingerprint density at radius 1 is 1.05 bits per heavy atom. The van der Waals surface area contributed by atoms with E-state index in [1.807, 2.05) is 32.0 Å². The van der Waals surface area contributed by atoms with Crippen LogP contribution in [0.4, 0.5) is 11.4 Å². The van der Waals surface area contributed by atoms with Crippen molar-refractivity contribution in [2.24, 2.45) is 4.99 Å². The maximum absolute atomic E-state index is 12.3. The van der Waals surface area contributed by atoms with Crippen LogP contribution in [0.2, 0.25) is 0 Å². The highest BCUT2D eigenvalue weighted by Gasteiger charge is 2.12. The van der Waals surface area contributed by atoms with Gasteiger partial charge in [0.2, 0.25) is 6.08 Å². The second kappa shape index (κ2) is 5.95. The van der Waals surface area contributed by atoms with Crippen LogP contribution in [0.15, 0.2) is 47.5 Å². The van der Waals surface area contributed by atoms with Crippen LogP contribution in [0.25, 0.3) is 0 Å². The van der Waals surface area contributed by atoms with Gasteiger partial charge in [-0.15, -0.1) is 0 Å². The van der Waals surface area contributed by atoms with Gasteiger partial charge in [0.05, 0.1) is 11.3 Å². The summed E-state index contributed by atoms with van der Waals surface area (Å²) in [6.45, 7) is 3.86. The number of aryl methyl sites for hydroxylation is 2. The molecule has 2 aromatic rings. The summed E-state index contributed by atoms with van der Waals surface area (Å²) in [6.07, 6.45) is 1.46. The van der Waals surface area contributed by atoms with E-state index < -0.39 is 0 Å². The first kappa shape index (κ1) is 13.7. The van der Waals surface area contributed by atoms with Crippen LogP contribution >= 0.6 is 0 Å². The minimum absolute atomic E-state index is 0.294. The van der Waals surface area contributed by atoms with Crippen molar-refractivity contribution in [1.82, 2.24) is 0 Å². The maximum atomic E-state index is 12.3. The highest BCUT2D eigenvalue weighted by Crippen LogP contribution is 2.23. The lowest BCUT2D eigenvalue weighted by molar-refractivity contribution is 0.102. The number of anilines is 1. The molecule has 0 unspecified atom stereocenters. The number of hydrogen-bond donors (Lipinski definition) is 1. The largest absolute Gasteiger partial charge is 0.321 e. The Hall–Kier alpha value is -2.71. The Labute approximate surface area is 117 Å². The minimum Gasteiger partial charge on any atom is -0.321 e. The fourth-order valence-electron chi connectivity index (χ4n) is 2.00. The van der Waals surface area contributed by atoms with Gasteiger partial charge >= 0.3 is 0 Å². The van der Waals surface area contributed by atoms with Crippen LogP contribution < -0.4 is 5.32 Å². The van der Waals surface area contributed by atoms with Gasteiger partial charge in [-0.05, 0) is 37.1 Å². The van der Waals surface area contributed by atoms with Crippen LogP contribution in [0.1, 0.15) is 21.5 Å². The fourth-order valence-corrected chi connectivity index (χ4v) is 2.00. The monoisotopic (exact) mass is 266 g/mol. The second-order valence-electron chi connectivity index (χ2n) is 4.44. The number of nitrogens with one attached hydrogen (secondary N) is 1. The zero-order valence-corrected chi connectivity index (χ0v) is 11.3. The maximum Gasteiger partial charge on any atom is 0.257 e. The van der Waals surface area contributed by atoms with E-state index >= 15 is 0 Å². The Bertz CT molecular complexity index is 681. The summed E-state index contributed by atoms with van der Waals surface area (Å²) in [5, 5.41) is 2.86. The molecule has 0 heterocycles. The Morgan fingerprint density at radius 3 is 2.35 bits per heavy atom. The van der Waals surface area contributed by atoms with Gasteiger partial charge in [0.25, 0.3) is 5.91 Å². The number of para-hydroxylation sites is 2. The lowest BCUT2D eigenvalue weighted by Crippen LogP contribution is -2.13. The topological polar surface area (TPSA) is 58.5 Å². The van der Waals surface area contributed by atoms with Crippen LogP contribution in [0.5, 0.6) is 0 Å². The highest BCUT2D eigenvalue weighted by atomic mass is 16.1. The average Bonchev–Trinajstić information content (AvgIpc) is 2.44. The standard InChI is InChI=1S/C16H14N2O2/c1-11-6-5-7-12(2)15(11)18-16(20)13-8-3-4-9-14(13)17-10-19/h3-9H,1-2H3,(H,18,20). The molecular weight excluding hydrogens is 252 g/mol. The van der Waals surface area contributed by atoms with E-state index in [9.17, 15) is 9.59 Å². The molecule has 0 saturated heterocycles. The summed E-state index contributed by atoms with van der Waals surface area (Å²) in [7, 11) is 0. The molecule has 0 saturated carbocycles. The molecule has 1 amide bonds. The number of amides is 1. The van der Waals surface area contributed by atoms with E-state index in [1.54, 1.807) is 24.3 Å². The third kappa shape index (κ3) is 2.82. The van der Waals surface area contributed by atoms with Gasteiger partial charge in [-0.25, -0.2) is 4.79 Å². The van der Waals surface area contributed by atoms with Crippen molar-refractivity contribution in [3.8, 4) is 0 Å². The quantitative estimate of drug-likeness (QED) is 0.682. The molecule has 0 aliphatic carbocycles. The van der Waals surface area contributed by atoms with Crippen molar-refractivity contribution < 1.29 is 9.59 Å². The van der Waals surface area contributed by atoms with Gasteiger partial charge < -0.3 is 5.32 Å². The van der Waals surface area contributed by atoms with Crippen molar-refractivity contribution in [3.63, 3.8) is 0 Å². The Balaban J connectivity index is 2.36. The SMILES string of the molecule is Cc1cccc(C)c1NC(=O)c1ccccc1N=C=O. The predicted molar refractivity (Wildman–Crippen MR) is 78.1 cm³/mol. The lowest BCUT2D eigenvalue weighted by Gasteiger charge is -2.12. The Kier molecular flexibility index (Phi) is 4.08. The van der Waals surface area contributed by atoms with Crippen molar-refractivity contribution in [3.05, 3.63) is 59.2 Å². The molecule has 1 N–H and O–H groups in total. The summed E-state index contributed by atoms with van der Waals surface area (Å²) in [4.78, 5) is 26.3. The first-order chi connectivity index (χ1) is 9.63. The zero-order valence-electron chi connectivity index (χ0n) is 11.3. The number of carbonyl (C=O) groups is 1. The van der Waals surface area contributed by atoms with E-state index in [0.29, 0.717) is 11.3 Å². The molecule has 2 aromatic carbocycles. The molecule has 0 aliphatic heterocycles. The summed E-state index contributed by atoms with van der Waals surface area (Å²) in [6, 6.07) is 12.5. The number of isocyanates is 1. The Morgan fingerprint density at radius 2 is 1.70 bits per heavy atom. The molecule has 0 radical (unpaired) electrons. The predicted octanol–water partition coefficient (Wildman–Crippen LogP) is 3.52. The lowest BCUT2D eigenvalue weighted by atomic mass is 10.1. The molecule has 2 rings (SSSR count). The molecule has 100 valence electrons. The minimum atomic E-state index is -0.294. The third-order valence-corrected chi connectivity index (χ3v) is 3.03. The van der Waals surface area contributed by atoms with Gasteiger partial charge in [0.1, 0.15) is 0 Å². The number of nitrogens with zero attached hydrogens (tertiary/aromatic N) is 1. The van der Waals surface area contributed by atoms with E-state index in [1.165, 1.54) is 6.08 Å². The van der Waals surface area contributed by atoms with Crippen molar-refractivity contribution in [1.29, 1.82) is 0 Å². The van der Waals surface area contributed by atoms with Gasteiger partial charge in [-0.3, -0.25) is 4.79 Å². The first-order valence-corrected chi connectivity index (χ1v) is 6.18. The molecule has 0 bridgehead atoms. The average molecular weight is 266 g/mol. The number of benzene rings is 2. The highest BCUT2D eigenvalue weighted by molar-refractivity contribution is 6.08. The van der Waals surface area contributed by atoms with Crippen LogP contribution in [0.3, 0.4) is 0 Å².